The van der Waals surface area contributed by atoms with Crippen molar-refractivity contribution in [3.63, 3.8) is 0 Å². The van der Waals surface area contributed by atoms with Crippen molar-refractivity contribution in [3.8, 4) is 0 Å². The molecule has 0 fully saturated rings. The highest BCUT2D eigenvalue weighted by Gasteiger charge is 2.06. The standard InChI is InChI=1S/C19H26N2O2S/c1-21(2)17-11-7-10-16-15(17)9-8-12-18(16)24-20-14-6-4-3-5-13-19(22)23/h7-12,20H,3-6,13-14H2,1-2H3,(H,22,23). The molecular weight excluding hydrogens is 320 g/mol. The zero-order valence-corrected chi connectivity index (χ0v) is 15.2. The van der Waals surface area contributed by atoms with Crippen LogP contribution in [0.15, 0.2) is 41.3 Å². The molecule has 0 saturated heterocycles. The van der Waals surface area contributed by atoms with E-state index in [1.165, 1.54) is 21.4 Å². The molecule has 0 aliphatic carbocycles. The molecule has 0 atom stereocenters. The molecule has 0 bridgehead atoms. The van der Waals surface area contributed by atoms with Crippen LogP contribution in [0, 0.1) is 0 Å². The van der Waals surface area contributed by atoms with Crippen LogP contribution in [0.1, 0.15) is 32.1 Å². The second-order valence-electron chi connectivity index (χ2n) is 6.08. The highest BCUT2D eigenvalue weighted by atomic mass is 32.2. The molecule has 0 unspecified atom stereocenters. The fourth-order valence-corrected chi connectivity index (χ4v) is 3.54. The Bertz CT molecular complexity index is 673. The average Bonchev–Trinajstić information content (AvgIpc) is 2.56. The normalized spacial score (nSPS) is 10.9. The van der Waals surface area contributed by atoms with Gasteiger partial charge in [-0.3, -0.25) is 9.52 Å². The van der Waals surface area contributed by atoms with Crippen molar-refractivity contribution >= 4 is 34.4 Å². The van der Waals surface area contributed by atoms with E-state index in [1.807, 2.05) is 0 Å². The largest absolute Gasteiger partial charge is 0.481 e. The van der Waals surface area contributed by atoms with Crippen LogP contribution in [0.4, 0.5) is 5.69 Å². The van der Waals surface area contributed by atoms with Crippen molar-refractivity contribution in [1.29, 1.82) is 0 Å². The molecule has 2 rings (SSSR count). The minimum absolute atomic E-state index is 0.284. The van der Waals surface area contributed by atoms with Gasteiger partial charge < -0.3 is 10.0 Å². The second-order valence-corrected chi connectivity index (χ2v) is 7.01. The number of hydrogen-bond acceptors (Lipinski definition) is 4. The average molecular weight is 346 g/mol. The zero-order valence-electron chi connectivity index (χ0n) is 14.4. The summed E-state index contributed by atoms with van der Waals surface area (Å²) >= 11 is 1.68. The number of rotatable bonds is 10. The fourth-order valence-electron chi connectivity index (χ4n) is 2.70. The summed E-state index contributed by atoms with van der Waals surface area (Å²) in [5.41, 5.74) is 1.23. The van der Waals surface area contributed by atoms with Crippen molar-refractivity contribution in [2.75, 3.05) is 25.5 Å². The Morgan fingerprint density at radius 1 is 1.04 bits per heavy atom. The first-order valence-electron chi connectivity index (χ1n) is 8.40. The van der Waals surface area contributed by atoms with Crippen molar-refractivity contribution in [2.24, 2.45) is 0 Å². The van der Waals surface area contributed by atoms with E-state index in [0.29, 0.717) is 0 Å². The number of carbonyl (C=O) groups is 1. The van der Waals surface area contributed by atoms with Crippen molar-refractivity contribution in [3.05, 3.63) is 36.4 Å². The van der Waals surface area contributed by atoms with Crippen LogP contribution >= 0.6 is 11.9 Å². The van der Waals surface area contributed by atoms with Gasteiger partial charge in [-0.05, 0) is 42.3 Å². The van der Waals surface area contributed by atoms with Gasteiger partial charge in [0.25, 0.3) is 0 Å². The number of aliphatic carboxylic acids is 1. The maximum Gasteiger partial charge on any atom is 0.303 e. The van der Waals surface area contributed by atoms with Crippen LogP contribution in [0.2, 0.25) is 0 Å². The number of fused-ring (bicyclic) bond motifs is 1. The SMILES string of the molecule is CN(C)c1cccc2c(SNCCCCCCC(=O)O)cccc12. The Hall–Kier alpha value is -1.72. The Labute approximate surface area is 148 Å². The summed E-state index contributed by atoms with van der Waals surface area (Å²) in [6, 6.07) is 12.8. The van der Waals surface area contributed by atoms with E-state index in [9.17, 15) is 4.79 Å². The summed E-state index contributed by atoms with van der Waals surface area (Å²) in [6.07, 6.45) is 4.19. The third kappa shape index (κ3) is 5.42. The van der Waals surface area contributed by atoms with Gasteiger partial charge >= 0.3 is 5.97 Å². The number of benzene rings is 2. The lowest BCUT2D eigenvalue weighted by atomic mass is 10.1. The third-order valence-corrected chi connectivity index (χ3v) is 4.87. The molecule has 24 heavy (non-hydrogen) atoms. The summed E-state index contributed by atoms with van der Waals surface area (Å²) in [5.74, 6) is -0.697. The maximum absolute atomic E-state index is 10.4. The van der Waals surface area contributed by atoms with Crippen LogP contribution < -0.4 is 9.62 Å². The first-order chi connectivity index (χ1) is 11.6. The Balaban J connectivity index is 1.83. The van der Waals surface area contributed by atoms with E-state index in [2.05, 4.69) is 60.1 Å². The van der Waals surface area contributed by atoms with Gasteiger partial charge in [0.05, 0.1) is 0 Å². The minimum Gasteiger partial charge on any atom is -0.481 e. The van der Waals surface area contributed by atoms with Crippen molar-refractivity contribution in [1.82, 2.24) is 4.72 Å². The zero-order chi connectivity index (χ0) is 17.4. The van der Waals surface area contributed by atoms with Gasteiger partial charge in [-0.25, -0.2) is 0 Å². The molecule has 2 aromatic rings. The Morgan fingerprint density at radius 2 is 1.75 bits per heavy atom. The maximum atomic E-state index is 10.4. The number of nitrogens with one attached hydrogen (secondary N) is 1. The minimum atomic E-state index is -0.697. The molecule has 0 aliphatic rings. The van der Waals surface area contributed by atoms with Crippen LogP contribution in [-0.4, -0.2) is 31.7 Å². The van der Waals surface area contributed by atoms with Crippen LogP contribution in [-0.2, 0) is 4.79 Å². The molecule has 5 heteroatoms. The van der Waals surface area contributed by atoms with Crippen LogP contribution in [0.3, 0.4) is 0 Å². The third-order valence-electron chi connectivity index (χ3n) is 3.94. The summed E-state index contributed by atoms with van der Waals surface area (Å²) in [4.78, 5) is 13.8. The molecule has 0 amide bonds. The van der Waals surface area contributed by atoms with Gasteiger partial charge in [-0.1, -0.05) is 37.1 Å². The van der Waals surface area contributed by atoms with Gasteiger partial charge in [-0.15, -0.1) is 0 Å². The van der Waals surface area contributed by atoms with Gasteiger partial charge in [0.15, 0.2) is 0 Å². The molecule has 130 valence electrons. The van der Waals surface area contributed by atoms with Gasteiger partial charge in [0.1, 0.15) is 0 Å². The van der Waals surface area contributed by atoms with E-state index in [-0.39, 0.29) is 6.42 Å². The molecule has 0 heterocycles. The van der Waals surface area contributed by atoms with E-state index < -0.39 is 5.97 Å². The smallest absolute Gasteiger partial charge is 0.303 e. The highest BCUT2D eigenvalue weighted by molar-refractivity contribution is 7.97. The Kier molecular flexibility index (Phi) is 7.40. The number of carboxylic acids is 1. The first-order valence-corrected chi connectivity index (χ1v) is 9.22. The molecule has 0 aliphatic heterocycles. The lowest BCUT2D eigenvalue weighted by molar-refractivity contribution is -0.137. The molecule has 2 aromatic carbocycles. The first kappa shape index (κ1) is 18.6. The van der Waals surface area contributed by atoms with E-state index in [0.717, 1.165) is 32.2 Å². The lowest BCUT2D eigenvalue weighted by Crippen LogP contribution is -2.09. The molecule has 4 nitrogen and oxygen atoms in total. The number of anilines is 1. The number of hydrogen-bond donors (Lipinski definition) is 2. The summed E-state index contributed by atoms with van der Waals surface area (Å²) in [6.45, 7) is 0.932. The van der Waals surface area contributed by atoms with Gasteiger partial charge in [0.2, 0.25) is 0 Å². The lowest BCUT2D eigenvalue weighted by Gasteiger charge is -2.16. The summed E-state index contributed by atoms with van der Waals surface area (Å²) in [7, 11) is 4.13. The highest BCUT2D eigenvalue weighted by Crippen LogP contribution is 2.31. The number of unbranched alkanes of at least 4 members (excludes halogenated alkanes) is 3. The monoisotopic (exact) mass is 346 g/mol. The number of nitrogens with zero attached hydrogens (tertiary/aromatic N) is 1. The fraction of sp³-hybridized carbons (Fsp3) is 0.421. The van der Waals surface area contributed by atoms with E-state index in [1.54, 1.807) is 11.9 Å². The predicted octanol–water partition coefficient (Wildman–Crippen LogP) is 4.54. The quantitative estimate of drug-likeness (QED) is 0.489. The van der Waals surface area contributed by atoms with Crippen LogP contribution in [0.25, 0.3) is 10.8 Å². The molecule has 0 aromatic heterocycles. The topological polar surface area (TPSA) is 52.6 Å². The Morgan fingerprint density at radius 3 is 2.50 bits per heavy atom. The molecule has 2 N–H and O–H groups in total. The summed E-state index contributed by atoms with van der Waals surface area (Å²) < 4.78 is 3.43. The predicted molar refractivity (Wildman–Crippen MR) is 103 cm³/mol. The van der Waals surface area contributed by atoms with Crippen LogP contribution in [0.5, 0.6) is 0 Å². The van der Waals surface area contributed by atoms with Crippen molar-refractivity contribution in [2.45, 2.75) is 37.0 Å². The molecule has 0 spiro atoms. The molecule has 0 saturated carbocycles. The molecule has 0 radical (unpaired) electrons. The number of carboxylic acid groups (broad SMARTS) is 1. The van der Waals surface area contributed by atoms with Gasteiger partial charge in [-0.2, -0.15) is 0 Å². The van der Waals surface area contributed by atoms with Crippen molar-refractivity contribution < 1.29 is 9.90 Å². The summed E-state index contributed by atoms with van der Waals surface area (Å²) in [5, 5.41) is 11.1. The van der Waals surface area contributed by atoms with E-state index >= 15 is 0 Å². The second kappa shape index (κ2) is 9.55. The van der Waals surface area contributed by atoms with E-state index in [4.69, 9.17) is 5.11 Å². The van der Waals surface area contributed by atoms with Gasteiger partial charge in [0, 0.05) is 43.0 Å². The molecular formula is C19H26N2O2S.